The van der Waals surface area contributed by atoms with Crippen LogP contribution in [0.15, 0.2) is 42.5 Å². The summed E-state index contributed by atoms with van der Waals surface area (Å²) in [4.78, 5) is 28.1. The molecule has 34 heavy (non-hydrogen) atoms. The first-order valence-electron chi connectivity index (χ1n) is 12.6. The fourth-order valence-electron chi connectivity index (χ4n) is 5.06. The molecule has 4 rings (SSSR count). The van der Waals surface area contributed by atoms with Gasteiger partial charge in [0.2, 0.25) is 5.91 Å². The van der Waals surface area contributed by atoms with Crippen molar-refractivity contribution >= 4 is 23.0 Å². The van der Waals surface area contributed by atoms with Gasteiger partial charge in [-0.25, -0.2) is 0 Å². The van der Waals surface area contributed by atoms with Crippen molar-refractivity contribution in [3.63, 3.8) is 0 Å². The molecular weight excluding hydrogens is 428 g/mol. The number of nitro groups is 1. The quantitative estimate of drug-likeness (QED) is 0.429. The van der Waals surface area contributed by atoms with Crippen molar-refractivity contribution in [2.75, 3.05) is 36.4 Å². The molecule has 2 aliphatic heterocycles. The van der Waals surface area contributed by atoms with E-state index in [4.69, 9.17) is 0 Å². The summed E-state index contributed by atoms with van der Waals surface area (Å²) < 4.78 is 0. The number of benzene rings is 2. The van der Waals surface area contributed by atoms with Crippen LogP contribution in [-0.2, 0) is 11.3 Å². The van der Waals surface area contributed by atoms with Crippen LogP contribution >= 0.6 is 0 Å². The fourth-order valence-corrected chi connectivity index (χ4v) is 5.06. The Morgan fingerprint density at radius 3 is 2.47 bits per heavy atom. The first-order valence-corrected chi connectivity index (χ1v) is 12.6. The predicted octanol–water partition coefficient (Wildman–Crippen LogP) is 5.56. The lowest BCUT2D eigenvalue weighted by Crippen LogP contribution is -2.32. The minimum Gasteiger partial charge on any atom is -0.366 e. The molecule has 0 aliphatic carbocycles. The molecule has 2 heterocycles. The Morgan fingerprint density at radius 2 is 1.79 bits per heavy atom. The molecule has 0 unspecified atom stereocenters. The SMILES string of the molecule is CC(C)C(=O)Nc1cccc(C2CCN(Cc3ccc(N4CCCCC4)c([N+](=O)[O-])c3)CC2)c1. The second-order valence-corrected chi connectivity index (χ2v) is 9.95. The van der Waals surface area contributed by atoms with Crippen LogP contribution in [0.3, 0.4) is 0 Å². The van der Waals surface area contributed by atoms with E-state index < -0.39 is 0 Å². The van der Waals surface area contributed by atoms with Crippen LogP contribution in [0.5, 0.6) is 0 Å². The Hall–Kier alpha value is -2.93. The van der Waals surface area contributed by atoms with Gasteiger partial charge in [0.25, 0.3) is 5.69 Å². The molecule has 2 aromatic rings. The number of nitro benzene ring substituents is 1. The number of amides is 1. The summed E-state index contributed by atoms with van der Waals surface area (Å²) >= 11 is 0. The van der Waals surface area contributed by atoms with Gasteiger partial charge in [-0.2, -0.15) is 0 Å². The van der Waals surface area contributed by atoms with Crippen molar-refractivity contribution in [2.24, 2.45) is 5.92 Å². The molecule has 7 heteroatoms. The van der Waals surface area contributed by atoms with Crippen LogP contribution in [0.4, 0.5) is 17.1 Å². The van der Waals surface area contributed by atoms with Crippen LogP contribution in [-0.4, -0.2) is 41.9 Å². The van der Waals surface area contributed by atoms with Crippen LogP contribution in [0.25, 0.3) is 0 Å². The van der Waals surface area contributed by atoms with Gasteiger partial charge in [0.15, 0.2) is 0 Å². The number of carbonyl (C=O) groups excluding carboxylic acids is 1. The highest BCUT2D eigenvalue weighted by molar-refractivity contribution is 5.92. The zero-order valence-corrected chi connectivity index (χ0v) is 20.3. The molecule has 0 aromatic heterocycles. The average molecular weight is 465 g/mol. The van der Waals surface area contributed by atoms with E-state index in [-0.39, 0.29) is 22.4 Å². The van der Waals surface area contributed by atoms with E-state index in [9.17, 15) is 14.9 Å². The third-order valence-corrected chi connectivity index (χ3v) is 7.08. The van der Waals surface area contributed by atoms with Gasteiger partial charge in [0.1, 0.15) is 5.69 Å². The summed E-state index contributed by atoms with van der Waals surface area (Å²) in [6.45, 7) is 8.23. The van der Waals surface area contributed by atoms with Gasteiger partial charge in [-0.05, 0) is 80.4 Å². The lowest BCUT2D eigenvalue weighted by molar-refractivity contribution is -0.384. The van der Waals surface area contributed by atoms with E-state index in [2.05, 4.69) is 33.3 Å². The van der Waals surface area contributed by atoms with Crippen molar-refractivity contribution in [3.05, 3.63) is 63.7 Å². The first-order chi connectivity index (χ1) is 16.4. The van der Waals surface area contributed by atoms with Gasteiger partial charge in [-0.1, -0.05) is 32.0 Å². The number of rotatable bonds is 7. The summed E-state index contributed by atoms with van der Waals surface area (Å²) in [6, 6.07) is 14.0. The minimum absolute atomic E-state index is 0.0346. The third-order valence-electron chi connectivity index (χ3n) is 7.08. The Morgan fingerprint density at radius 1 is 1.06 bits per heavy atom. The highest BCUT2D eigenvalue weighted by Gasteiger charge is 2.24. The van der Waals surface area contributed by atoms with E-state index in [0.29, 0.717) is 5.92 Å². The van der Waals surface area contributed by atoms with Gasteiger partial charge in [-0.15, -0.1) is 0 Å². The molecule has 7 nitrogen and oxygen atoms in total. The lowest BCUT2D eigenvalue weighted by atomic mass is 9.89. The number of piperidine rings is 2. The first kappa shape index (κ1) is 24.2. The maximum Gasteiger partial charge on any atom is 0.292 e. The van der Waals surface area contributed by atoms with Crippen molar-refractivity contribution in [2.45, 2.75) is 58.4 Å². The second kappa shape index (κ2) is 11.0. The smallest absolute Gasteiger partial charge is 0.292 e. The van der Waals surface area contributed by atoms with Crippen molar-refractivity contribution < 1.29 is 9.72 Å². The minimum atomic E-state index is -0.231. The Balaban J connectivity index is 1.36. The van der Waals surface area contributed by atoms with E-state index in [0.717, 1.165) is 75.3 Å². The third kappa shape index (κ3) is 5.95. The molecule has 0 atom stereocenters. The highest BCUT2D eigenvalue weighted by atomic mass is 16.6. The molecule has 182 valence electrons. The summed E-state index contributed by atoms with van der Waals surface area (Å²) in [5.74, 6) is 0.451. The van der Waals surface area contributed by atoms with E-state index in [1.165, 1.54) is 12.0 Å². The van der Waals surface area contributed by atoms with E-state index >= 15 is 0 Å². The van der Waals surface area contributed by atoms with Crippen molar-refractivity contribution in [3.8, 4) is 0 Å². The van der Waals surface area contributed by atoms with Crippen molar-refractivity contribution in [1.29, 1.82) is 0 Å². The molecule has 0 saturated carbocycles. The lowest BCUT2D eigenvalue weighted by Gasteiger charge is -2.32. The highest BCUT2D eigenvalue weighted by Crippen LogP contribution is 2.33. The summed E-state index contributed by atoms with van der Waals surface area (Å²) in [6.07, 6.45) is 5.47. The Bertz CT molecular complexity index is 1010. The number of nitrogens with one attached hydrogen (secondary N) is 1. The van der Waals surface area contributed by atoms with Crippen LogP contribution in [0, 0.1) is 16.0 Å². The van der Waals surface area contributed by atoms with E-state index in [1.54, 1.807) is 6.07 Å². The van der Waals surface area contributed by atoms with Gasteiger partial charge in [-0.3, -0.25) is 19.8 Å². The van der Waals surface area contributed by atoms with Gasteiger partial charge >= 0.3 is 0 Å². The van der Waals surface area contributed by atoms with Gasteiger partial charge < -0.3 is 10.2 Å². The molecule has 1 N–H and O–H groups in total. The molecular formula is C27H36N4O3. The molecule has 0 spiro atoms. The molecule has 2 aromatic carbocycles. The second-order valence-electron chi connectivity index (χ2n) is 9.95. The Kier molecular flexibility index (Phi) is 7.83. The molecule has 0 bridgehead atoms. The zero-order valence-electron chi connectivity index (χ0n) is 20.3. The number of hydrogen-bond acceptors (Lipinski definition) is 5. The standard InChI is InChI=1S/C27H36N4O3/c1-20(2)27(32)28-24-8-6-7-23(18-24)22-11-15-29(16-12-22)19-21-9-10-25(26(17-21)31(33)34)30-13-4-3-5-14-30/h6-10,17-18,20,22H,3-5,11-16,19H2,1-2H3,(H,28,32). The molecule has 1 amide bonds. The normalized spacial score (nSPS) is 17.7. The summed E-state index contributed by atoms with van der Waals surface area (Å²) in [5.41, 5.74) is 4.12. The van der Waals surface area contributed by atoms with Crippen LogP contribution in [0.1, 0.15) is 63.0 Å². The largest absolute Gasteiger partial charge is 0.366 e. The fraction of sp³-hybridized carbons (Fsp3) is 0.519. The monoisotopic (exact) mass is 464 g/mol. The summed E-state index contributed by atoms with van der Waals surface area (Å²) in [7, 11) is 0. The van der Waals surface area contributed by atoms with Gasteiger partial charge in [0, 0.05) is 37.3 Å². The molecule has 0 radical (unpaired) electrons. The number of likely N-dealkylation sites (tertiary alicyclic amines) is 1. The van der Waals surface area contributed by atoms with Crippen LogP contribution < -0.4 is 10.2 Å². The zero-order chi connectivity index (χ0) is 24.1. The molecule has 2 aliphatic rings. The molecule has 2 saturated heterocycles. The van der Waals surface area contributed by atoms with E-state index in [1.807, 2.05) is 32.0 Å². The number of hydrogen-bond donors (Lipinski definition) is 1. The number of anilines is 2. The number of carbonyl (C=O) groups is 1. The Labute approximate surface area is 202 Å². The van der Waals surface area contributed by atoms with Crippen LogP contribution in [0.2, 0.25) is 0 Å². The van der Waals surface area contributed by atoms with Gasteiger partial charge in [0.05, 0.1) is 4.92 Å². The summed E-state index contributed by atoms with van der Waals surface area (Å²) in [5, 5.41) is 14.8. The predicted molar refractivity (Wildman–Crippen MR) is 136 cm³/mol. The number of nitrogens with zero attached hydrogens (tertiary/aromatic N) is 3. The topological polar surface area (TPSA) is 78.7 Å². The maximum absolute atomic E-state index is 12.0. The van der Waals surface area contributed by atoms with Crippen molar-refractivity contribution in [1.82, 2.24) is 4.90 Å². The molecule has 2 fully saturated rings. The average Bonchev–Trinajstić information content (AvgIpc) is 2.85. The maximum atomic E-state index is 12.0.